The van der Waals surface area contributed by atoms with Gasteiger partial charge in [0.1, 0.15) is 0 Å². The molecule has 0 aromatic heterocycles. The monoisotopic (exact) mass is 156 g/mol. The summed E-state index contributed by atoms with van der Waals surface area (Å²) in [5, 5.41) is 0. The van der Waals surface area contributed by atoms with Crippen molar-refractivity contribution in [3.63, 3.8) is 0 Å². The molecule has 3 heteroatoms. The lowest BCUT2D eigenvalue weighted by molar-refractivity contribution is -0.119. The second kappa shape index (κ2) is 4.26. The molecule has 62 valence electrons. The molecule has 0 aromatic carbocycles. The molecule has 3 nitrogen and oxygen atoms in total. The first-order chi connectivity index (χ1) is 5.34. The zero-order chi connectivity index (χ0) is 8.10. The van der Waals surface area contributed by atoms with Gasteiger partial charge in [-0.15, -0.1) is 0 Å². The summed E-state index contributed by atoms with van der Waals surface area (Å²) in [5.41, 5.74) is 0.368. The first-order valence-electron chi connectivity index (χ1n) is 3.72. The summed E-state index contributed by atoms with van der Waals surface area (Å²) in [6, 6.07) is 0. The molecule has 1 saturated heterocycles. The van der Waals surface area contributed by atoms with Gasteiger partial charge < -0.3 is 9.47 Å². The summed E-state index contributed by atoms with van der Waals surface area (Å²) >= 11 is 0. The van der Waals surface area contributed by atoms with Gasteiger partial charge in [0.15, 0.2) is 12.6 Å². The van der Waals surface area contributed by atoms with E-state index in [1.54, 1.807) is 0 Å². The number of hydrogen-bond donors (Lipinski definition) is 0. The van der Waals surface area contributed by atoms with Gasteiger partial charge in [0.2, 0.25) is 0 Å². The summed E-state index contributed by atoms with van der Waals surface area (Å²) < 4.78 is 10.4. The highest BCUT2D eigenvalue weighted by Gasteiger charge is 2.15. The van der Waals surface area contributed by atoms with Crippen molar-refractivity contribution in [3.8, 4) is 0 Å². The van der Waals surface area contributed by atoms with E-state index in [1.807, 2.05) is 0 Å². The fraction of sp³-hybridized carbons (Fsp3) is 0.625. The van der Waals surface area contributed by atoms with Crippen molar-refractivity contribution >= 4 is 6.29 Å². The van der Waals surface area contributed by atoms with Crippen molar-refractivity contribution in [2.75, 3.05) is 13.2 Å². The van der Waals surface area contributed by atoms with Crippen molar-refractivity contribution in [2.24, 2.45) is 0 Å². The zero-order valence-electron chi connectivity index (χ0n) is 6.41. The third kappa shape index (κ3) is 2.44. The highest BCUT2D eigenvalue weighted by Crippen LogP contribution is 2.10. The van der Waals surface area contributed by atoms with Gasteiger partial charge in [-0.05, 0) is 12.8 Å². The maximum absolute atomic E-state index is 10.3. The van der Waals surface area contributed by atoms with Crippen LogP contribution in [-0.4, -0.2) is 25.8 Å². The fourth-order valence-corrected chi connectivity index (χ4v) is 0.903. The van der Waals surface area contributed by atoms with Crippen LogP contribution in [0.5, 0.6) is 0 Å². The Morgan fingerprint density at radius 1 is 1.36 bits per heavy atom. The molecule has 0 radical (unpaired) electrons. The Morgan fingerprint density at radius 3 is 2.36 bits per heavy atom. The largest absolute Gasteiger partial charge is 0.348 e. The molecule has 0 N–H and O–H groups in total. The Hall–Kier alpha value is -0.670. The number of ether oxygens (including phenoxy) is 2. The van der Waals surface area contributed by atoms with Crippen molar-refractivity contribution < 1.29 is 14.3 Å². The maximum atomic E-state index is 10.3. The van der Waals surface area contributed by atoms with E-state index in [9.17, 15) is 4.79 Å². The van der Waals surface area contributed by atoms with Gasteiger partial charge in [0.05, 0.1) is 13.2 Å². The third-order valence-electron chi connectivity index (χ3n) is 1.53. The summed E-state index contributed by atoms with van der Waals surface area (Å²) in [7, 11) is 0. The van der Waals surface area contributed by atoms with Crippen molar-refractivity contribution in [2.45, 2.75) is 19.1 Å². The van der Waals surface area contributed by atoms with Gasteiger partial charge in [0, 0.05) is 5.57 Å². The molecule has 0 saturated carbocycles. The summed E-state index contributed by atoms with van der Waals surface area (Å²) in [5.74, 6) is 0. The SMILES string of the molecule is C=C(C=O)C1OCCCCO1. The van der Waals surface area contributed by atoms with Crippen LogP contribution >= 0.6 is 0 Å². The van der Waals surface area contributed by atoms with E-state index in [2.05, 4.69) is 6.58 Å². The fourth-order valence-electron chi connectivity index (χ4n) is 0.903. The number of hydrogen-bond acceptors (Lipinski definition) is 3. The third-order valence-corrected chi connectivity index (χ3v) is 1.53. The Kier molecular flexibility index (Phi) is 3.26. The van der Waals surface area contributed by atoms with Gasteiger partial charge in [-0.2, -0.15) is 0 Å². The average molecular weight is 156 g/mol. The van der Waals surface area contributed by atoms with Crippen LogP contribution in [0.4, 0.5) is 0 Å². The van der Waals surface area contributed by atoms with E-state index in [4.69, 9.17) is 9.47 Å². The minimum atomic E-state index is -0.505. The quantitative estimate of drug-likeness (QED) is 0.440. The minimum Gasteiger partial charge on any atom is -0.348 e. The smallest absolute Gasteiger partial charge is 0.186 e. The molecule has 1 fully saturated rings. The van der Waals surface area contributed by atoms with Crippen LogP contribution < -0.4 is 0 Å². The Labute approximate surface area is 66.0 Å². The van der Waals surface area contributed by atoms with Crippen LogP contribution in [0.2, 0.25) is 0 Å². The predicted octanol–water partition coefficient (Wildman–Crippen LogP) is 0.895. The zero-order valence-corrected chi connectivity index (χ0v) is 6.41. The molecule has 0 aromatic rings. The van der Waals surface area contributed by atoms with Crippen molar-refractivity contribution in [3.05, 3.63) is 12.2 Å². The molecule has 0 aliphatic carbocycles. The topological polar surface area (TPSA) is 35.5 Å². The molecule has 1 aliphatic rings. The molecular weight excluding hydrogens is 144 g/mol. The normalized spacial score (nSPS) is 20.7. The lowest BCUT2D eigenvalue weighted by atomic mass is 10.3. The van der Waals surface area contributed by atoms with E-state index < -0.39 is 6.29 Å². The highest BCUT2D eigenvalue weighted by molar-refractivity contribution is 5.73. The molecule has 1 aliphatic heterocycles. The Balaban J connectivity index is 2.42. The van der Waals surface area contributed by atoms with Crippen LogP contribution in [0.25, 0.3) is 0 Å². The first kappa shape index (κ1) is 8.43. The molecular formula is C8H12O3. The van der Waals surface area contributed by atoms with Gasteiger partial charge in [-0.25, -0.2) is 0 Å². The van der Waals surface area contributed by atoms with Crippen LogP contribution in [0.15, 0.2) is 12.2 Å². The van der Waals surface area contributed by atoms with Crippen LogP contribution in [0.1, 0.15) is 12.8 Å². The summed E-state index contributed by atoms with van der Waals surface area (Å²) in [4.78, 5) is 10.3. The molecule has 1 rings (SSSR count). The van der Waals surface area contributed by atoms with Crippen molar-refractivity contribution in [1.82, 2.24) is 0 Å². The molecule has 0 bridgehead atoms. The van der Waals surface area contributed by atoms with Crippen molar-refractivity contribution in [1.29, 1.82) is 0 Å². The van der Waals surface area contributed by atoms with E-state index in [0.29, 0.717) is 25.1 Å². The molecule has 11 heavy (non-hydrogen) atoms. The number of carbonyl (C=O) groups is 1. The first-order valence-corrected chi connectivity index (χ1v) is 3.72. The van der Waals surface area contributed by atoms with Gasteiger partial charge in [-0.1, -0.05) is 6.58 Å². The second-order valence-corrected chi connectivity index (χ2v) is 2.47. The van der Waals surface area contributed by atoms with Crippen LogP contribution in [-0.2, 0) is 14.3 Å². The Bertz CT molecular complexity index is 145. The standard InChI is InChI=1S/C8H12O3/c1-7(6-9)8-10-4-2-3-5-11-8/h6,8H,1-5H2. The summed E-state index contributed by atoms with van der Waals surface area (Å²) in [6.45, 7) is 4.82. The number of aldehydes is 1. The van der Waals surface area contributed by atoms with Crippen LogP contribution in [0.3, 0.4) is 0 Å². The number of carbonyl (C=O) groups excluding carboxylic acids is 1. The number of rotatable bonds is 2. The molecule has 0 unspecified atom stereocenters. The van der Waals surface area contributed by atoms with Crippen LogP contribution in [0, 0.1) is 0 Å². The summed E-state index contributed by atoms with van der Waals surface area (Å²) in [6.07, 6.45) is 2.15. The van der Waals surface area contributed by atoms with E-state index >= 15 is 0 Å². The molecule has 1 heterocycles. The second-order valence-electron chi connectivity index (χ2n) is 2.47. The molecule has 0 spiro atoms. The van der Waals surface area contributed by atoms with E-state index in [-0.39, 0.29) is 0 Å². The average Bonchev–Trinajstić information content (AvgIpc) is 2.30. The molecule has 0 atom stereocenters. The Morgan fingerprint density at radius 2 is 1.91 bits per heavy atom. The van der Waals surface area contributed by atoms with E-state index in [1.165, 1.54) is 0 Å². The lowest BCUT2D eigenvalue weighted by Crippen LogP contribution is -2.18. The van der Waals surface area contributed by atoms with Gasteiger partial charge in [-0.3, -0.25) is 4.79 Å². The van der Waals surface area contributed by atoms with Gasteiger partial charge >= 0.3 is 0 Å². The minimum absolute atomic E-state index is 0.368. The lowest BCUT2D eigenvalue weighted by Gasteiger charge is -2.13. The molecule has 0 amide bonds. The van der Waals surface area contributed by atoms with Gasteiger partial charge in [0.25, 0.3) is 0 Å². The van der Waals surface area contributed by atoms with E-state index in [0.717, 1.165) is 12.8 Å². The maximum Gasteiger partial charge on any atom is 0.186 e. The highest BCUT2D eigenvalue weighted by atomic mass is 16.7. The predicted molar refractivity (Wildman–Crippen MR) is 40.1 cm³/mol.